The summed E-state index contributed by atoms with van der Waals surface area (Å²) in [6.07, 6.45) is 0.442. The molecule has 1 amide bonds. The number of nitrogens with zero attached hydrogens (tertiary/aromatic N) is 1. The van der Waals surface area contributed by atoms with E-state index in [0.29, 0.717) is 19.2 Å². The molecule has 0 spiro atoms. The lowest BCUT2D eigenvalue weighted by Gasteiger charge is -2.31. The van der Waals surface area contributed by atoms with E-state index >= 15 is 0 Å². The number of rotatable bonds is 5. The minimum absolute atomic E-state index is 0.121. The summed E-state index contributed by atoms with van der Waals surface area (Å²) >= 11 is 0. The van der Waals surface area contributed by atoms with Gasteiger partial charge < -0.3 is 10.2 Å². The van der Waals surface area contributed by atoms with Gasteiger partial charge in [0.05, 0.1) is 43.2 Å². The van der Waals surface area contributed by atoms with Crippen molar-refractivity contribution in [3.63, 3.8) is 0 Å². The van der Waals surface area contributed by atoms with Crippen LogP contribution in [0.2, 0.25) is 0 Å². The average molecular weight is 390 g/mol. The zero-order valence-electron chi connectivity index (χ0n) is 13.8. The van der Waals surface area contributed by atoms with Crippen LogP contribution in [-0.4, -0.2) is 57.9 Å². The molecule has 142 valence electrons. The standard InChI is InChI=1S/C16H18F3N3O3S/c1-2-6-20-15(23)12-21-7-9-22(10-8-21)26(24,25)14-5-3-4-13(11-14)16(17,18)19/h1,3-5,11H,6-10,12H2,(H,20,23)/p+1. The fraction of sp³-hybridized carbons (Fsp3) is 0.438. The van der Waals surface area contributed by atoms with Gasteiger partial charge >= 0.3 is 6.18 Å². The molecule has 1 heterocycles. The zero-order chi connectivity index (χ0) is 19.4. The molecule has 1 fully saturated rings. The van der Waals surface area contributed by atoms with E-state index in [1.165, 1.54) is 0 Å². The minimum atomic E-state index is -4.61. The normalized spacial score (nSPS) is 16.8. The average Bonchev–Trinajstić information content (AvgIpc) is 2.60. The zero-order valence-corrected chi connectivity index (χ0v) is 14.7. The molecule has 0 saturated carbocycles. The van der Waals surface area contributed by atoms with Crippen molar-refractivity contribution in [3.05, 3.63) is 29.8 Å². The van der Waals surface area contributed by atoms with Crippen LogP contribution in [0, 0.1) is 12.3 Å². The van der Waals surface area contributed by atoms with Crippen LogP contribution in [0.3, 0.4) is 0 Å². The summed E-state index contributed by atoms with van der Waals surface area (Å²) in [6.45, 7) is 1.29. The number of carbonyl (C=O) groups is 1. The predicted octanol–water partition coefficient (Wildman–Crippen LogP) is -0.656. The fourth-order valence-electron chi connectivity index (χ4n) is 2.64. The second kappa shape index (κ2) is 8.07. The number of terminal acetylenes is 1. The van der Waals surface area contributed by atoms with E-state index in [2.05, 4.69) is 11.2 Å². The number of alkyl halides is 3. The molecule has 1 saturated heterocycles. The molecule has 0 aliphatic carbocycles. The molecule has 26 heavy (non-hydrogen) atoms. The van der Waals surface area contributed by atoms with Crippen LogP contribution in [0.15, 0.2) is 29.2 Å². The lowest BCUT2D eigenvalue weighted by molar-refractivity contribution is -0.895. The fourth-order valence-corrected chi connectivity index (χ4v) is 4.13. The van der Waals surface area contributed by atoms with E-state index in [1.807, 2.05) is 0 Å². The number of piperazine rings is 1. The van der Waals surface area contributed by atoms with Gasteiger partial charge in [-0.05, 0) is 18.2 Å². The van der Waals surface area contributed by atoms with Gasteiger partial charge in [0.1, 0.15) is 0 Å². The first-order chi connectivity index (χ1) is 12.1. The van der Waals surface area contributed by atoms with Crippen molar-refractivity contribution in [1.82, 2.24) is 9.62 Å². The minimum Gasteiger partial charge on any atom is -0.340 e. The van der Waals surface area contributed by atoms with Crippen LogP contribution in [0.4, 0.5) is 13.2 Å². The number of quaternary nitrogens is 1. The summed E-state index contributed by atoms with van der Waals surface area (Å²) in [7, 11) is -4.02. The highest BCUT2D eigenvalue weighted by molar-refractivity contribution is 7.89. The molecule has 1 aliphatic rings. The first-order valence-corrected chi connectivity index (χ1v) is 9.29. The predicted molar refractivity (Wildman–Crippen MR) is 87.6 cm³/mol. The van der Waals surface area contributed by atoms with E-state index in [0.717, 1.165) is 27.4 Å². The second-order valence-electron chi connectivity index (χ2n) is 5.84. The maximum absolute atomic E-state index is 12.8. The third-order valence-electron chi connectivity index (χ3n) is 4.03. The Bertz CT molecular complexity index is 795. The Morgan fingerprint density at radius 1 is 1.31 bits per heavy atom. The summed E-state index contributed by atoms with van der Waals surface area (Å²) in [6, 6.07) is 3.70. The number of amides is 1. The molecule has 0 unspecified atom stereocenters. The van der Waals surface area contributed by atoms with Crippen LogP contribution < -0.4 is 10.2 Å². The van der Waals surface area contributed by atoms with Crippen molar-refractivity contribution >= 4 is 15.9 Å². The number of carbonyl (C=O) groups excluding carboxylic acids is 1. The second-order valence-corrected chi connectivity index (χ2v) is 7.78. The molecule has 1 aromatic carbocycles. The smallest absolute Gasteiger partial charge is 0.340 e. The summed E-state index contributed by atoms with van der Waals surface area (Å²) in [5.41, 5.74) is -1.01. The lowest BCUT2D eigenvalue weighted by atomic mass is 10.2. The van der Waals surface area contributed by atoms with Crippen molar-refractivity contribution in [2.75, 3.05) is 39.3 Å². The molecule has 0 aromatic heterocycles. The number of halogens is 3. The van der Waals surface area contributed by atoms with Crippen molar-refractivity contribution in [2.45, 2.75) is 11.1 Å². The first kappa shape index (κ1) is 20.2. The van der Waals surface area contributed by atoms with Crippen LogP contribution >= 0.6 is 0 Å². The highest BCUT2D eigenvalue weighted by atomic mass is 32.2. The van der Waals surface area contributed by atoms with Gasteiger partial charge in [0, 0.05) is 0 Å². The third-order valence-corrected chi connectivity index (χ3v) is 5.92. The Labute approximate surface area is 150 Å². The quantitative estimate of drug-likeness (QED) is 0.656. The topological polar surface area (TPSA) is 70.9 Å². The molecule has 0 bridgehead atoms. The Morgan fingerprint density at radius 3 is 2.54 bits per heavy atom. The molecule has 2 N–H and O–H groups in total. The lowest BCUT2D eigenvalue weighted by Crippen LogP contribution is -3.15. The Kier molecular flexibility index (Phi) is 6.28. The van der Waals surface area contributed by atoms with Crippen LogP contribution in [-0.2, 0) is 21.0 Å². The van der Waals surface area contributed by atoms with Gasteiger partial charge in [-0.15, -0.1) is 6.42 Å². The SMILES string of the molecule is C#CCNC(=O)C[NH+]1CCN(S(=O)(=O)c2cccc(C(F)(F)F)c2)CC1. The highest BCUT2D eigenvalue weighted by Gasteiger charge is 2.34. The molecule has 1 aromatic rings. The van der Waals surface area contributed by atoms with Gasteiger partial charge in [0.25, 0.3) is 5.91 Å². The van der Waals surface area contributed by atoms with Crippen molar-refractivity contribution in [3.8, 4) is 12.3 Å². The molecule has 10 heteroatoms. The van der Waals surface area contributed by atoms with E-state index in [1.54, 1.807) is 0 Å². The van der Waals surface area contributed by atoms with Gasteiger partial charge in [-0.2, -0.15) is 17.5 Å². The van der Waals surface area contributed by atoms with E-state index in [9.17, 15) is 26.4 Å². The number of nitrogens with one attached hydrogen (secondary N) is 2. The van der Waals surface area contributed by atoms with E-state index in [4.69, 9.17) is 6.42 Å². The summed E-state index contributed by atoms with van der Waals surface area (Å²) in [5.74, 6) is 2.06. The van der Waals surface area contributed by atoms with Gasteiger partial charge in [0.15, 0.2) is 6.54 Å². The molecule has 2 rings (SSSR count). The Balaban J connectivity index is 2.02. The highest BCUT2D eigenvalue weighted by Crippen LogP contribution is 2.31. The maximum Gasteiger partial charge on any atom is 0.416 e. The third kappa shape index (κ3) is 4.97. The summed E-state index contributed by atoms with van der Waals surface area (Å²) < 4.78 is 64.7. The van der Waals surface area contributed by atoms with E-state index in [-0.39, 0.29) is 37.0 Å². The van der Waals surface area contributed by atoms with Crippen molar-refractivity contribution in [1.29, 1.82) is 0 Å². The first-order valence-electron chi connectivity index (χ1n) is 7.85. The Morgan fingerprint density at radius 2 is 1.96 bits per heavy atom. The van der Waals surface area contributed by atoms with Gasteiger partial charge in [0.2, 0.25) is 10.0 Å². The molecule has 6 nitrogen and oxygen atoms in total. The van der Waals surface area contributed by atoms with Crippen LogP contribution in [0.1, 0.15) is 5.56 Å². The Hall–Kier alpha value is -2.09. The molecule has 0 atom stereocenters. The molecule has 1 aliphatic heterocycles. The van der Waals surface area contributed by atoms with E-state index < -0.39 is 21.8 Å². The number of hydrogen-bond acceptors (Lipinski definition) is 3. The largest absolute Gasteiger partial charge is 0.416 e. The van der Waals surface area contributed by atoms with Gasteiger partial charge in [-0.1, -0.05) is 12.0 Å². The van der Waals surface area contributed by atoms with Crippen LogP contribution in [0.5, 0.6) is 0 Å². The van der Waals surface area contributed by atoms with Gasteiger partial charge in [-0.25, -0.2) is 8.42 Å². The van der Waals surface area contributed by atoms with Crippen molar-refractivity contribution < 1.29 is 31.3 Å². The number of benzene rings is 1. The van der Waals surface area contributed by atoms with Crippen molar-refractivity contribution in [2.24, 2.45) is 0 Å². The molecular weight excluding hydrogens is 371 g/mol. The molecule has 0 radical (unpaired) electrons. The molecular formula is C16H19F3N3O3S+. The number of sulfonamides is 1. The number of hydrogen-bond donors (Lipinski definition) is 2. The summed E-state index contributed by atoms with van der Waals surface area (Å²) in [4.78, 5) is 12.1. The van der Waals surface area contributed by atoms with Crippen LogP contribution in [0.25, 0.3) is 0 Å². The maximum atomic E-state index is 12.8. The monoisotopic (exact) mass is 390 g/mol. The summed E-state index contributed by atoms with van der Waals surface area (Å²) in [5, 5.41) is 2.53. The van der Waals surface area contributed by atoms with Gasteiger partial charge in [-0.3, -0.25) is 4.79 Å².